The van der Waals surface area contributed by atoms with E-state index in [0.717, 1.165) is 0 Å². The lowest BCUT2D eigenvalue weighted by atomic mass is 10.1. The highest BCUT2D eigenvalue weighted by atomic mass is 16.5. The molecule has 29 heavy (non-hydrogen) atoms. The van der Waals surface area contributed by atoms with Crippen LogP contribution < -0.4 is 15.0 Å². The molecule has 0 unspecified atom stereocenters. The number of methoxy groups -OCH3 is 1. The van der Waals surface area contributed by atoms with Gasteiger partial charge < -0.3 is 20.1 Å². The van der Waals surface area contributed by atoms with Crippen molar-refractivity contribution in [1.82, 2.24) is 14.6 Å². The molecule has 0 aliphatic rings. The number of rotatable bonds is 4. The summed E-state index contributed by atoms with van der Waals surface area (Å²) in [5.41, 5.74) is 9.75. The molecule has 0 saturated carbocycles. The van der Waals surface area contributed by atoms with Crippen molar-refractivity contribution in [1.29, 1.82) is 0 Å². The lowest BCUT2D eigenvalue weighted by molar-refractivity contribution is -0.661. The molecule has 2 aromatic heterocycles. The van der Waals surface area contributed by atoms with Gasteiger partial charge in [0.1, 0.15) is 11.6 Å². The van der Waals surface area contributed by atoms with Crippen molar-refractivity contribution < 1.29 is 19.0 Å². The van der Waals surface area contributed by atoms with E-state index < -0.39 is 0 Å². The Bertz CT molecular complexity index is 1250. The molecule has 0 fully saturated rings. The summed E-state index contributed by atoms with van der Waals surface area (Å²) in [5.74, 6) is -0.221. The van der Waals surface area contributed by atoms with Gasteiger partial charge in [-0.3, -0.25) is 9.48 Å². The lowest BCUT2D eigenvalue weighted by Gasteiger charge is -2.06. The third-order valence-electron chi connectivity index (χ3n) is 4.85. The molecule has 9 heteroatoms. The van der Waals surface area contributed by atoms with E-state index in [1.165, 1.54) is 16.5 Å². The van der Waals surface area contributed by atoms with E-state index >= 15 is 0 Å². The number of aromatic nitrogens is 4. The number of nitrogens with zero attached hydrogens (tertiary/aromatic N) is 4. The van der Waals surface area contributed by atoms with Crippen LogP contribution in [0.25, 0.3) is 28.4 Å². The molecule has 4 rings (SSSR count). The van der Waals surface area contributed by atoms with Gasteiger partial charge >= 0.3 is 11.2 Å². The Balaban J connectivity index is 1.99. The Labute approximate surface area is 165 Å². The van der Waals surface area contributed by atoms with E-state index in [-0.39, 0.29) is 39.9 Å². The average Bonchev–Trinajstić information content (AvgIpc) is 3.19. The monoisotopic (exact) mass is 393 g/mol. The Morgan fingerprint density at radius 2 is 1.90 bits per heavy atom. The van der Waals surface area contributed by atoms with Crippen LogP contribution in [0.4, 0.5) is 5.88 Å². The van der Waals surface area contributed by atoms with Crippen molar-refractivity contribution in [3.8, 4) is 34.1 Å². The van der Waals surface area contributed by atoms with E-state index in [4.69, 9.17) is 15.0 Å². The zero-order valence-corrected chi connectivity index (χ0v) is 16.1. The summed E-state index contributed by atoms with van der Waals surface area (Å²) >= 11 is 0. The van der Waals surface area contributed by atoms with Gasteiger partial charge in [0, 0.05) is 7.05 Å². The fourth-order valence-corrected chi connectivity index (χ4v) is 3.33. The molecule has 0 amide bonds. The maximum Gasteiger partial charge on any atom is 0.346 e. The fourth-order valence-electron chi connectivity index (χ4n) is 3.33. The van der Waals surface area contributed by atoms with Crippen molar-refractivity contribution >= 4 is 5.88 Å². The molecule has 0 radical (unpaired) electrons. The number of benzene rings is 2. The van der Waals surface area contributed by atoms with Crippen LogP contribution in [-0.4, -0.2) is 26.9 Å². The third-order valence-corrected chi connectivity index (χ3v) is 4.85. The molecule has 9 nitrogen and oxygen atoms in total. The van der Waals surface area contributed by atoms with E-state index in [1.54, 1.807) is 36.9 Å². The summed E-state index contributed by atoms with van der Waals surface area (Å²) in [4.78, 5) is 13.3. The van der Waals surface area contributed by atoms with Crippen molar-refractivity contribution in [2.24, 2.45) is 7.05 Å². The largest absolute Gasteiger partial charge is 0.660 e. The van der Waals surface area contributed by atoms with Gasteiger partial charge in [-0.1, -0.05) is 24.3 Å². The molecule has 2 N–H and O–H groups in total. The Morgan fingerprint density at radius 1 is 1.17 bits per heavy atom. The van der Waals surface area contributed by atoms with Gasteiger partial charge in [-0.15, -0.1) is 0 Å². The summed E-state index contributed by atoms with van der Waals surface area (Å²) in [6, 6.07) is 14.1. The third kappa shape index (κ3) is 2.75. The number of ether oxygens (including phenoxy) is 1. The minimum atomic E-state index is -0.335. The van der Waals surface area contributed by atoms with E-state index in [0.29, 0.717) is 11.4 Å². The molecular formula is C20H19N5O4. The second kappa shape index (κ2) is 6.86. The smallest absolute Gasteiger partial charge is 0.346 e. The van der Waals surface area contributed by atoms with Gasteiger partial charge in [-0.05, 0) is 35.9 Å². The normalized spacial score (nSPS) is 11.0. The van der Waals surface area contributed by atoms with Gasteiger partial charge in [0.05, 0.1) is 18.4 Å². The van der Waals surface area contributed by atoms with Gasteiger partial charge in [0.25, 0.3) is 5.69 Å². The highest BCUT2D eigenvalue weighted by Crippen LogP contribution is 2.39. The molecule has 0 aliphatic carbocycles. The molecular weight excluding hydrogens is 374 g/mol. The van der Waals surface area contributed by atoms with Gasteiger partial charge in [0.2, 0.25) is 5.27 Å². The van der Waals surface area contributed by atoms with Gasteiger partial charge in [-0.25, -0.2) is 4.68 Å². The molecule has 2 heterocycles. The van der Waals surface area contributed by atoms with Gasteiger partial charge in [0.15, 0.2) is 11.5 Å². The zero-order valence-electron chi connectivity index (χ0n) is 16.1. The van der Waals surface area contributed by atoms with Crippen LogP contribution in [0.2, 0.25) is 0 Å². The van der Waals surface area contributed by atoms with Crippen LogP contribution >= 0.6 is 0 Å². The Kier molecular flexibility index (Phi) is 4.34. The number of para-hydroxylation sites is 2. The number of hydrogen-bond acceptors (Lipinski definition) is 5. The molecule has 0 bridgehead atoms. The number of nitrogens with one attached hydrogen (secondary N) is 1. The quantitative estimate of drug-likeness (QED) is 0.536. The second-order valence-electron chi connectivity index (χ2n) is 6.43. The molecule has 0 atom stereocenters. The zero-order chi connectivity index (χ0) is 20.7. The van der Waals surface area contributed by atoms with Gasteiger partial charge in [-0.2, -0.15) is 0 Å². The topological polar surface area (TPSA) is 110 Å². The van der Waals surface area contributed by atoms with Crippen LogP contribution in [0, 0.1) is 6.92 Å². The predicted octanol–water partition coefficient (Wildman–Crippen LogP) is 2.81. The van der Waals surface area contributed by atoms with Crippen LogP contribution in [0.1, 0.15) is 5.69 Å². The summed E-state index contributed by atoms with van der Waals surface area (Å²) in [6.45, 7) is 1.77. The van der Waals surface area contributed by atoms with Crippen molar-refractivity contribution in [2.75, 3.05) is 7.11 Å². The SMILES string of the molecule is COc1cccc(-c2c([NH-])on[n+]2-c2c(C)n(C)n(-c3ccccc3)c2=O)c1O. The summed E-state index contributed by atoms with van der Waals surface area (Å²) in [5, 5.41) is 14.5. The van der Waals surface area contributed by atoms with Crippen LogP contribution in [-0.2, 0) is 7.05 Å². The van der Waals surface area contributed by atoms with E-state index in [1.807, 2.05) is 30.3 Å². The number of phenols is 1. The molecule has 0 aliphatic heterocycles. The summed E-state index contributed by atoms with van der Waals surface area (Å²) < 4.78 is 14.7. The standard InChI is InChI=1S/C20H18N5O4/c1-12-16(20(27)25(23(12)2)13-8-5-4-6-9-13)24-17(19(21)29-22-24)14-10-7-11-15(28-3)18(14)26/h4-11,21H,1-3H3/q-1/p+1. The molecule has 4 aromatic rings. The molecule has 2 aromatic carbocycles. The Morgan fingerprint density at radius 3 is 2.59 bits per heavy atom. The Hall–Kier alpha value is -4.01. The maximum atomic E-state index is 13.3. The first-order chi connectivity index (χ1) is 14.0. The van der Waals surface area contributed by atoms with E-state index in [9.17, 15) is 9.90 Å². The summed E-state index contributed by atoms with van der Waals surface area (Å²) in [6.07, 6.45) is 0. The second-order valence-corrected chi connectivity index (χ2v) is 6.43. The van der Waals surface area contributed by atoms with Crippen molar-refractivity contribution in [2.45, 2.75) is 6.92 Å². The first kappa shape index (κ1) is 18.4. The minimum Gasteiger partial charge on any atom is -0.660 e. The van der Waals surface area contributed by atoms with E-state index in [2.05, 4.69) is 5.27 Å². The first-order valence-corrected chi connectivity index (χ1v) is 8.80. The number of hydrogen-bond donors (Lipinski definition) is 1. The average molecular weight is 393 g/mol. The van der Waals surface area contributed by atoms with Crippen LogP contribution in [0.5, 0.6) is 11.5 Å². The van der Waals surface area contributed by atoms with Crippen molar-refractivity contribution in [3.05, 3.63) is 70.3 Å². The summed E-state index contributed by atoms with van der Waals surface area (Å²) in [7, 11) is 3.19. The highest BCUT2D eigenvalue weighted by molar-refractivity contribution is 5.75. The van der Waals surface area contributed by atoms with Crippen molar-refractivity contribution in [3.63, 3.8) is 0 Å². The lowest BCUT2D eigenvalue weighted by Crippen LogP contribution is -2.40. The maximum absolute atomic E-state index is 13.3. The first-order valence-electron chi connectivity index (χ1n) is 8.80. The predicted molar refractivity (Wildman–Crippen MR) is 105 cm³/mol. The highest BCUT2D eigenvalue weighted by Gasteiger charge is 2.34. The number of phenolic OH excluding ortho intramolecular Hbond substituents is 1. The number of aromatic hydroxyl groups is 1. The molecule has 0 saturated heterocycles. The minimum absolute atomic E-state index is 0.146. The molecule has 0 spiro atoms. The van der Waals surface area contributed by atoms with Crippen LogP contribution in [0.3, 0.4) is 0 Å². The molecule has 148 valence electrons. The van der Waals surface area contributed by atoms with Crippen LogP contribution in [0.15, 0.2) is 57.8 Å². The fraction of sp³-hybridized carbons (Fsp3) is 0.150.